The van der Waals surface area contributed by atoms with E-state index in [-0.39, 0.29) is 23.1 Å². The number of hydrogen-bond acceptors (Lipinski definition) is 4. The summed E-state index contributed by atoms with van der Waals surface area (Å²) in [5.74, 6) is -1.82. The van der Waals surface area contributed by atoms with Gasteiger partial charge < -0.3 is 5.32 Å². The molecule has 2 aromatic carbocycles. The van der Waals surface area contributed by atoms with E-state index in [9.17, 15) is 17.6 Å². The zero-order chi connectivity index (χ0) is 22.2. The van der Waals surface area contributed by atoms with E-state index in [4.69, 9.17) is 0 Å². The molecule has 8 heteroatoms. The SMILES string of the molecule is Fc1cc(F)c(F)c(-c2ccc(N[C@@H]3C[C@@H]4CN(Cc5ccccc5F)C[C@@H]4C3)nn2)c1. The molecule has 3 atom stereocenters. The van der Waals surface area contributed by atoms with E-state index in [1.165, 1.54) is 12.1 Å². The van der Waals surface area contributed by atoms with Crippen molar-refractivity contribution in [1.82, 2.24) is 15.1 Å². The maximum Gasteiger partial charge on any atom is 0.168 e. The number of benzene rings is 2. The summed E-state index contributed by atoms with van der Waals surface area (Å²) in [6.45, 7) is 2.50. The number of aromatic nitrogens is 2. The Balaban J connectivity index is 1.18. The summed E-state index contributed by atoms with van der Waals surface area (Å²) >= 11 is 0. The zero-order valence-electron chi connectivity index (χ0n) is 17.2. The summed E-state index contributed by atoms with van der Waals surface area (Å²) in [4.78, 5) is 2.31. The number of anilines is 1. The summed E-state index contributed by atoms with van der Waals surface area (Å²) < 4.78 is 54.8. The molecule has 0 amide bonds. The Morgan fingerprint density at radius 1 is 0.875 bits per heavy atom. The van der Waals surface area contributed by atoms with E-state index < -0.39 is 17.5 Å². The molecular weight excluding hydrogens is 420 g/mol. The molecule has 3 aromatic rings. The van der Waals surface area contributed by atoms with Crippen molar-refractivity contribution in [1.29, 1.82) is 0 Å². The summed E-state index contributed by atoms with van der Waals surface area (Å²) in [6, 6.07) is 11.7. The van der Waals surface area contributed by atoms with E-state index in [1.54, 1.807) is 12.1 Å². The maximum atomic E-state index is 14.0. The number of rotatable bonds is 5. The summed E-state index contributed by atoms with van der Waals surface area (Å²) in [6.07, 6.45) is 1.96. The van der Waals surface area contributed by atoms with Gasteiger partial charge in [0.25, 0.3) is 0 Å². The van der Waals surface area contributed by atoms with Crippen LogP contribution in [0, 0.1) is 35.1 Å². The van der Waals surface area contributed by atoms with Gasteiger partial charge in [0, 0.05) is 42.9 Å². The summed E-state index contributed by atoms with van der Waals surface area (Å²) in [7, 11) is 0. The molecule has 1 aliphatic heterocycles. The highest BCUT2D eigenvalue weighted by atomic mass is 19.2. The van der Waals surface area contributed by atoms with Crippen molar-refractivity contribution in [2.24, 2.45) is 11.8 Å². The van der Waals surface area contributed by atoms with Gasteiger partial charge in [-0.2, -0.15) is 0 Å². The number of fused-ring (bicyclic) bond motifs is 1. The lowest BCUT2D eigenvalue weighted by atomic mass is 10.0. The summed E-state index contributed by atoms with van der Waals surface area (Å²) in [5, 5.41) is 11.4. The Morgan fingerprint density at radius 3 is 2.31 bits per heavy atom. The third kappa shape index (κ3) is 4.19. The first kappa shape index (κ1) is 20.9. The van der Waals surface area contributed by atoms with Crippen LogP contribution in [-0.4, -0.2) is 34.2 Å². The smallest absolute Gasteiger partial charge is 0.168 e. The molecule has 1 saturated heterocycles. The molecular formula is C24H22F4N4. The first-order valence-corrected chi connectivity index (χ1v) is 10.7. The molecule has 0 unspecified atom stereocenters. The molecule has 4 nitrogen and oxygen atoms in total. The van der Waals surface area contributed by atoms with Crippen molar-refractivity contribution in [2.45, 2.75) is 25.4 Å². The third-order valence-corrected chi connectivity index (χ3v) is 6.46. The second kappa shape index (κ2) is 8.50. The molecule has 0 spiro atoms. The van der Waals surface area contributed by atoms with Crippen molar-refractivity contribution < 1.29 is 17.6 Å². The van der Waals surface area contributed by atoms with Crippen LogP contribution in [0.4, 0.5) is 23.4 Å². The van der Waals surface area contributed by atoms with Crippen molar-refractivity contribution >= 4 is 5.82 Å². The molecule has 1 aliphatic carbocycles. The molecule has 0 bridgehead atoms. The Morgan fingerprint density at radius 2 is 1.62 bits per heavy atom. The Bertz CT molecular complexity index is 1110. The Kier molecular flexibility index (Phi) is 5.55. The predicted molar refractivity (Wildman–Crippen MR) is 113 cm³/mol. The number of nitrogens with zero attached hydrogens (tertiary/aromatic N) is 3. The minimum absolute atomic E-state index is 0.0681. The fraction of sp³-hybridized carbons (Fsp3) is 0.333. The Labute approximate surface area is 183 Å². The molecule has 166 valence electrons. The molecule has 1 aromatic heterocycles. The minimum atomic E-state index is -1.26. The van der Waals surface area contributed by atoms with Crippen LogP contribution in [0.5, 0.6) is 0 Å². The second-order valence-corrected chi connectivity index (χ2v) is 8.67. The van der Waals surface area contributed by atoms with E-state index in [0.717, 1.165) is 37.6 Å². The largest absolute Gasteiger partial charge is 0.366 e. The van der Waals surface area contributed by atoms with E-state index in [0.29, 0.717) is 30.3 Å². The van der Waals surface area contributed by atoms with Crippen molar-refractivity contribution in [3.63, 3.8) is 0 Å². The van der Waals surface area contributed by atoms with Crippen LogP contribution in [0.2, 0.25) is 0 Å². The topological polar surface area (TPSA) is 41.0 Å². The molecule has 2 fully saturated rings. The quantitative estimate of drug-likeness (QED) is 0.445. The first-order valence-electron chi connectivity index (χ1n) is 10.7. The van der Waals surface area contributed by atoms with Gasteiger partial charge in [-0.15, -0.1) is 10.2 Å². The standard InChI is InChI=1S/C24H22F4N4/c25-17-9-19(24(28)21(27)10-17)22-5-6-23(31-30-22)29-18-7-15-12-32(13-16(15)8-18)11-14-3-1-2-4-20(14)26/h1-6,9-10,15-16,18H,7-8,11-13H2,(H,29,31)/t15-,16+,18-. The van der Waals surface area contributed by atoms with Crippen molar-refractivity contribution in [3.05, 3.63) is 77.4 Å². The van der Waals surface area contributed by atoms with Gasteiger partial charge in [0.1, 0.15) is 17.5 Å². The minimum Gasteiger partial charge on any atom is -0.366 e. The van der Waals surface area contributed by atoms with Crippen LogP contribution < -0.4 is 5.32 Å². The van der Waals surface area contributed by atoms with Crippen LogP contribution >= 0.6 is 0 Å². The normalized spacial score (nSPS) is 22.8. The molecule has 1 N–H and O–H groups in total. The van der Waals surface area contributed by atoms with Gasteiger partial charge in [0.15, 0.2) is 11.6 Å². The first-order chi connectivity index (χ1) is 15.5. The fourth-order valence-corrected chi connectivity index (χ4v) is 5.02. The molecule has 5 rings (SSSR count). The monoisotopic (exact) mass is 442 g/mol. The van der Waals surface area contributed by atoms with Gasteiger partial charge in [-0.1, -0.05) is 18.2 Å². The molecule has 2 heterocycles. The number of halogens is 4. The molecule has 32 heavy (non-hydrogen) atoms. The van der Waals surface area contributed by atoms with E-state index >= 15 is 0 Å². The van der Waals surface area contributed by atoms with E-state index in [2.05, 4.69) is 20.4 Å². The van der Waals surface area contributed by atoms with E-state index in [1.807, 2.05) is 12.1 Å². The van der Waals surface area contributed by atoms with Gasteiger partial charge >= 0.3 is 0 Å². The maximum absolute atomic E-state index is 14.0. The Hall–Kier alpha value is -3.00. The van der Waals surface area contributed by atoms with Gasteiger partial charge in [-0.3, -0.25) is 4.90 Å². The molecule has 2 aliphatic rings. The number of nitrogens with one attached hydrogen (secondary N) is 1. The van der Waals surface area contributed by atoms with Crippen LogP contribution in [0.25, 0.3) is 11.3 Å². The average molecular weight is 442 g/mol. The van der Waals surface area contributed by atoms with Crippen molar-refractivity contribution in [2.75, 3.05) is 18.4 Å². The molecule has 1 saturated carbocycles. The van der Waals surface area contributed by atoms with Gasteiger partial charge in [0.2, 0.25) is 0 Å². The van der Waals surface area contributed by atoms with Gasteiger partial charge in [0.05, 0.1) is 5.69 Å². The van der Waals surface area contributed by atoms with Crippen LogP contribution in [0.3, 0.4) is 0 Å². The summed E-state index contributed by atoms with van der Waals surface area (Å²) in [5.41, 5.74) is 0.539. The highest BCUT2D eigenvalue weighted by Gasteiger charge is 2.40. The average Bonchev–Trinajstić information content (AvgIpc) is 3.31. The lowest BCUT2D eigenvalue weighted by Crippen LogP contribution is -2.25. The van der Waals surface area contributed by atoms with Crippen LogP contribution in [0.15, 0.2) is 48.5 Å². The van der Waals surface area contributed by atoms with Crippen molar-refractivity contribution in [3.8, 4) is 11.3 Å². The van der Waals surface area contributed by atoms with Crippen LogP contribution in [-0.2, 0) is 6.54 Å². The highest BCUT2D eigenvalue weighted by molar-refractivity contribution is 5.60. The second-order valence-electron chi connectivity index (χ2n) is 8.67. The number of likely N-dealkylation sites (tertiary alicyclic amines) is 1. The van der Waals surface area contributed by atoms with Crippen LogP contribution in [0.1, 0.15) is 18.4 Å². The third-order valence-electron chi connectivity index (χ3n) is 6.46. The predicted octanol–water partition coefficient (Wildman–Crippen LogP) is 5.02. The lowest BCUT2D eigenvalue weighted by Gasteiger charge is -2.20. The number of hydrogen-bond donors (Lipinski definition) is 1. The lowest BCUT2D eigenvalue weighted by molar-refractivity contribution is 0.296. The fourth-order valence-electron chi connectivity index (χ4n) is 5.02. The van der Waals surface area contributed by atoms with Gasteiger partial charge in [-0.25, -0.2) is 17.6 Å². The zero-order valence-corrected chi connectivity index (χ0v) is 17.2. The van der Waals surface area contributed by atoms with Gasteiger partial charge in [-0.05, 0) is 48.9 Å². The highest BCUT2D eigenvalue weighted by Crippen LogP contribution is 2.39. The molecule has 0 radical (unpaired) electrons.